The number of carboxylic acid groups (broad SMARTS) is 1. The van der Waals surface area contributed by atoms with E-state index in [4.69, 9.17) is 9.84 Å². The number of ether oxygens (including phenoxy) is 1. The maximum Gasteiger partial charge on any atom is 0.322 e. The molecule has 116 valence electrons. The van der Waals surface area contributed by atoms with Gasteiger partial charge in [0.15, 0.2) is 0 Å². The minimum absolute atomic E-state index is 0.169. The van der Waals surface area contributed by atoms with E-state index >= 15 is 0 Å². The van der Waals surface area contributed by atoms with E-state index in [-0.39, 0.29) is 6.54 Å². The van der Waals surface area contributed by atoms with E-state index in [1.165, 1.54) is 0 Å². The topological polar surface area (TPSA) is 87.6 Å². The van der Waals surface area contributed by atoms with E-state index in [0.717, 1.165) is 37.2 Å². The van der Waals surface area contributed by atoms with Crippen molar-refractivity contribution in [3.63, 3.8) is 0 Å². The Kier molecular flexibility index (Phi) is 4.45. The Morgan fingerprint density at radius 2 is 2.05 bits per heavy atom. The van der Waals surface area contributed by atoms with Gasteiger partial charge in [-0.3, -0.25) is 9.69 Å². The van der Waals surface area contributed by atoms with Crippen LogP contribution in [0.5, 0.6) is 0 Å². The van der Waals surface area contributed by atoms with Crippen molar-refractivity contribution in [2.75, 3.05) is 38.2 Å². The van der Waals surface area contributed by atoms with Crippen LogP contribution in [0.1, 0.15) is 5.82 Å². The Morgan fingerprint density at radius 3 is 2.82 bits per heavy atom. The summed E-state index contributed by atoms with van der Waals surface area (Å²) < 4.78 is 5.34. The van der Waals surface area contributed by atoms with E-state index in [2.05, 4.69) is 20.2 Å². The van der Waals surface area contributed by atoms with Crippen molar-refractivity contribution in [3.05, 3.63) is 30.1 Å². The summed E-state index contributed by atoms with van der Waals surface area (Å²) in [5.74, 6) is 0.335. The van der Waals surface area contributed by atoms with Crippen LogP contribution in [0, 0.1) is 0 Å². The first-order valence-corrected chi connectivity index (χ1v) is 7.24. The molecule has 1 aliphatic rings. The highest BCUT2D eigenvalue weighted by molar-refractivity contribution is 5.90. The minimum Gasteiger partial charge on any atom is -0.480 e. The molecule has 3 rings (SSSR count). The number of aliphatic carboxylic acids is 1. The van der Waals surface area contributed by atoms with E-state index < -0.39 is 5.97 Å². The maximum atomic E-state index is 10.8. The zero-order valence-corrected chi connectivity index (χ0v) is 12.2. The molecule has 1 aromatic carbocycles. The number of nitrogens with zero attached hydrogens (tertiary/aromatic N) is 3. The molecule has 1 fully saturated rings. The fraction of sp³-hybridized carbons (Fsp3) is 0.400. The summed E-state index contributed by atoms with van der Waals surface area (Å²) in [5.41, 5.74) is 0.814. The molecular formula is C15H18N4O3. The van der Waals surface area contributed by atoms with Crippen molar-refractivity contribution in [2.45, 2.75) is 6.54 Å². The van der Waals surface area contributed by atoms with Crippen LogP contribution >= 0.6 is 0 Å². The third-order valence-corrected chi connectivity index (χ3v) is 3.53. The van der Waals surface area contributed by atoms with Crippen LogP contribution in [0.15, 0.2) is 24.3 Å². The van der Waals surface area contributed by atoms with Crippen molar-refractivity contribution in [3.8, 4) is 0 Å². The van der Waals surface area contributed by atoms with Crippen LogP contribution in [-0.2, 0) is 16.1 Å². The summed E-state index contributed by atoms with van der Waals surface area (Å²) in [4.78, 5) is 22.1. The molecule has 0 saturated carbocycles. The van der Waals surface area contributed by atoms with Crippen LogP contribution in [0.25, 0.3) is 10.9 Å². The highest BCUT2D eigenvalue weighted by atomic mass is 16.5. The fourth-order valence-electron chi connectivity index (χ4n) is 2.45. The first kappa shape index (κ1) is 14.7. The predicted molar refractivity (Wildman–Crippen MR) is 81.8 cm³/mol. The molecule has 0 atom stereocenters. The Balaban J connectivity index is 1.87. The summed E-state index contributed by atoms with van der Waals surface area (Å²) in [5, 5.41) is 12.5. The number of nitrogens with one attached hydrogen (secondary N) is 1. The zero-order valence-electron chi connectivity index (χ0n) is 12.2. The molecular weight excluding hydrogens is 284 g/mol. The van der Waals surface area contributed by atoms with Crippen molar-refractivity contribution >= 4 is 22.7 Å². The van der Waals surface area contributed by atoms with Gasteiger partial charge in [0.2, 0.25) is 0 Å². The molecule has 1 saturated heterocycles. The number of para-hydroxylation sites is 1. The molecule has 0 bridgehead atoms. The Morgan fingerprint density at radius 1 is 1.27 bits per heavy atom. The van der Waals surface area contributed by atoms with Gasteiger partial charge < -0.3 is 15.2 Å². The number of fused-ring (bicyclic) bond motifs is 1. The molecule has 7 heteroatoms. The van der Waals surface area contributed by atoms with E-state index in [9.17, 15) is 4.79 Å². The first-order chi connectivity index (χ1) is 10.7. The maximum absolute atomic E-state index is 10.8. The van der Waals surface area contributed by atoms with Gasteiger partial charge in [-0.15, -0.1) is 0 Å². The zero-order chi connectivity index (χ0) is 15.4. The molecule has 0 spiro atoms. The quantitative estimate of drug-likeness (QED) is 0.850. The standard InChI is InChI=1S/C15H18N4O3/c20-14(21)9-16-15-11-3-1-2-4-12(11)17-13(18-15)10-19-5-7-22-8-6-19/h1-4H,5-10H2,(H,20,21)(H,16,17,18). The lowest BCUT2D eigenvalue weighted by molar-refractivity contribution is -0.134. The number of carboxylic acids is 1. The van der Waals surface area contributed by atoms with E-state index in [0.29, 0.717) is 18.2 Å². The average molecular weight is 302 g/mol. The molecule has 2 heterocycles. The summed E-state index contributed by atoms with van der Waals surface area (Å²) >= 11 is 0. The van der Waals surface area contributed by atoms with Gasteiger partial charge in [-0.25, -0.2) is 9.97 Å². The molecule has 0 amide bonds. The van der Waals surface area contributed by atoms with Gasteiger partial charge in [0, 0.05) is 18.5 Å². The number of anilines is 1. The minimum atomic E-state index is -0.919. The van der Waals surface area contributed by atoms with Crippen LogP contribution in [-0.4, -0.2) is 58.8 Å². The normalized spacial score (nSPS) is 15.8. The van der Waals surface area contributed by atoms with Crippen molar-refractivity contribution in [1.82, 2.24) is 14.9 Å². The van der Waals surface area contributed by atoms with Crippen LogP contribution < -0.4 is 5.32 Å². The summed E-state index contributed by atoms with van der Waals surface area (Å²) in [6.45, 7) is 3.62. The van der Waals surface area contributed by atoms with Gasteiger partial charge in [-0.05, 0) is 12.1 Å². The van der Waals surface area contributed by atoms with Crippen LogP contribution in [0.2, 0.25) is 0 Å². The van der Waals surface area contributed by atoms with E-state index in [1.807, 2.05) is 24.3 Å². The van der Waals surface area contributed by atoms with Gasteiger partial charge in [0.25, 0.3) is 0 Å². The van der Waals surface area contributed by atoms with Crippen LogP contribution in [0.3, 0.4) is 0 Å². The second kappa shape index (κ2) is 6.67. The van der Waals surface area contributed by atoms with Gasteiger partial charge in [-0.1, -0.05) is 12.1 Å². The van der Waals surface area contributed by atoms with Crippen molar-refractivity contribution in [2.24, 2.45) is 0 Å². The largest absolute Gasteiger partial charge is 0.480 e. The second-order valence-electron chi connectivity index (χ2n) is 5.14. The van der Waals surface area contributed by atoms with Crippen molar-refractivity contribution in [1.29, 1.82) is 0 Å². The smallest absolute Gasteiger partial charge is 0.322 e. The molecule has 22 heavy (non-hydrogen) atoms. The van der Waals surface area contributed by atoms with E-state index in [1.54, 1.807) is 0 Å². The van der Waals surface area contributed by atoms with Crippen LogP contribution in [0.4, 0.5) is 5.82 Å². The molecule has 0 unspecified atom stereocenters. The average Bonchev–Trinajstić information content (AvgIpc) is 2.53. The number of carbonyl (C=O) groups is 1. The summed E-state index contributed by atoms with van der Waals surface area (Å²) in [7, 11) is 0. The monoisotopic (exact) mass is 302 g/mol. The third-order valence-electron chi connectivity index (χ3n) is 3.53. The highest BCUT2D eigenvalue weighted by Gasteiger charge is 2.14. The molecule has 2 aromatic rings. The molecule has 0 aliphatic carbocycles. The first-order valence-electron chi connectivity index (χ1n) is 7.24. The molecule has 7 nitrogen and oxygen atoms in total. The predicted octanol–water partition coefficient (Wildman–Crippen LogP) is 0.959. The molecule has 1 aliphatic heterocycles. The SMILES string of the molecule is O=C(O)CNc1nc(CN2CCOCC2)nc2ccccc12. The lowest BCUT2D eigenvalue weighted by Gasteiger charge is -2.26. The summed E-state index contributed by atoms with van der Waals surface area (Å²) in [6, 6.07) is 7.60. The highest BCUT2D eigenvalue weighted by Crippen LogP contribution is 2.20. The molecule has 2 N–H and O–H groups in total. The third kappa shape index (κ3) is 3.49. The van der Waals surface area contributed by atoms with Crippen molar-refractivity contribution < 1.29 is 14.6 Å². The number of hydrogen-bond acceptors (Lipinski definition) is 6. The Bertz CT molecular complexity index is 671. The molecule has 1 aromatic heterocycles. The van der Waals surface area contributed by atoms with Gasteiger partial charge in [0.05, 0.1) is 25.3 Å². The number of morpholine rings is 1. The van der Waals surface area contributed by atoms with Gasteiger partial charge >= 0.3 is 5.97 Å². The second-order valence-corrected chi connectivity index (χ2v) is 5.14. The molecule has 0 radical (unpaired) electrons. The Labute approximate surface area is 127 Å². The summed E-state index contributed by atoms with van der Waals surface area (Å²) in [6.07, 6.45) is 0. The number of hydrogen-bond donors (Lipinski definition) is 2. The number of benzene rings is 1. The number of aromatic nitrogens is 2. The lowest BCUT2D eigenvalue weighted by atomic mass is 10.2. The number of rotatable bonds is 5. The van der Waals surface area contributed by atoms with Gasteiger partial charge in [0.1, 0.15) is 18.2 Å². The Hall–Kier alpha value is -2.25. The fourth-order valence-corrected chi connectivity index (χ4v) is 2.45. The van der Waals surface area contributed by atoms with Gasteiger partial charge in [-0.2, -0.15) is 0 Å². The lowest BCUT2D eigenvalue weighted by Crippen LogP contribution is -2.36.